The third-order valence-electron chi connectivity index (χ3n) is 4.06. The van der Waals surface area contributed by atoms with Gasteiger partial charge >= 0.3 is 0 Å². The van der Waals surface area contributed by atoms with Gasteiger partial charge in [0.1, 0.15) is 5.82 Å². The second kappa shape index (κ2) is 5.27. The maximum atomic E-state index is 6.27. The molecule has 1 aromatic heterocycles. The zero-order valence-electron chi connectivity index (χ0n) is 12.1. The third-order valence-corrected chi connectivity index (χ3v) is 4.30. The fourth-order valence-corrected chi connectivity index (χ4v) is 3.01. The van der Waals surface area contributed by atoms with Crippen LogP contribution in [0.5, 0.6) is 0 Å². The van der Waals surface area contributed by atoms with Crippen LogP contribution < -0.4 is 5.73 Å². The summed E-state index contributed by atoms with van der Waals surface area (Å²) in [6.07, 6.45) is 0. The summed E-state index contributed by atoms with van der Waals surface area (Å²) in [5, 5.41) is 1.78. The van der Waals surface area contributed by atoms with E-state index >= 15 is 0 Å². The molecular weight excluding hydrogens is 294 g/mol. The number of fused-ring (bicyclic) bond motifs is 1. The summed E-state index contributed by atoms with van der Waals surface area (Å²) in [7, 11) is 0. The zero-order chi connectivity index (χ0) is 15.1. The maximum Gasteiger partial charge on any atom is 0.129 e. The zero-order valence-corrected chi connectivity index (χ0v) is 12.8. The van der Waals surface area contributed by atoms with E-state index in [0.29, 0.717) is 10.8 Å². The number of benzene rings is 2. The molecule has 2 N–H and O–H groups in total. The van der Waals surface area contributed by atoms with Crippen LogP contribution in [0.15, 0.2) is 48.5 Å². The molecule has 0 radical (unpaired) electrons. The van der Waals surface area contributed by atoms with Crippen LogP contribution in [0, 0.1) is 0 Å². The lowest BCUT2D eigenvalue weighted by Gasteiger charge is -2.16. The largest absolute Gasteiger partial charge is 0.383 e. The molecule has 2 heterocycles. The Labute approximate surface area is 134 Å². The van der Waals surface area contributed by atoms with Crippen molar-refractivity contribution in [2.45, 2.75) is 6.54 Å². The highest BCUT2D eigenvalue weighted by Crippen LogP contribution is 2.36. The van der Waals surface area contributed by atoms with Gasteiger partial charge in [0.25, 0.3) is 0 Å². The summed E-state index contributed by atoms with van der Waals surface area (Å²) in [4.78, 5) is 6.92. The molecular formula is C18H16ClN3. The summed E-state index contributed by atoms with van der Waals surface area (Å²) >= 11 is 6.22. The number of hydrogen-bond acceptors (Lipinski definition) is 3. The van der Waals surface area contributed by atoms with Gasteiger partial charge < -0.3 is 5.73 Å². The monoisotopic (exact) mass is 309 g/mol. The normalized spacial score (nSPS) is 14.4. The van der Waals surface area contributed by atoms with Gasteiger partial charge in [-0.2, -0.15) is 0 Å². The van der Waals surface area contributed by atoms with Crippen LogP contribution >= 0.6 is 11.6 Å². The molecule has 2 aromatic carbocycles. The third kappa shape index (κ3) is 2.43. The lowest BCUT2D eigenvalue weighted by atomic mass is 9.95. The topological polar surface area (TPSA) is 41.9 Å². The molecule has 0 aliphatic carbocycles. The molecule has 110 valence electrons. The molecule has 3 aromatic rings. The van der Waals surface area contributed by atoms with Gasteiger partial charge in [0.15, 0.2) is 0 Å². The van der Waals surface area contributed by atoms with Gasteiger partial charge in [-0.25, -0.2) is 4.98 Å². The molecule has 1 aliphatic rings. The standard InChI is InChI=1S/C18H16ClN3/c19-13-6-7-16-14(10-13)17(12-4-2-1-3-5-12)15(18(20)21-16)11-22-8-9-22/h1-7,10H,8-9,11H2,(H2,20,21). The summed E-state index contributed by atoms with van der Waals surface area (Å²) in [5.41, 5.74) is 10.6. The Morgan fingerprint density at radius 1 is 1.09 bits per heavy atom. The minimum Gasteiger partial charge on any atom is -0.383 e. The first-order chi connectivity index (χ1) is 10.7. The van der Waals surface area contributed by atoms with Crippen molar-refractivity contribution >= 4 is 28.3 Å². The van der Waals surface area contributed by atoms with Gasteiger partial charge in [-0.3, -0.25) is 4.90 Å². The Balaban J connectivity index is 2.04. The van der Waals surface area contributed by atoms with E-state index < -0.39 is 0 Å². The number of rotatable bonds is 3. The predicted octanol–water partition coefficient (Wildman–Crippen LogP) is 3.95. The van der Waals surface area contributed by atoms with E-state index in [-0.39, 0.29) is 0 Å². The minimum absolute atomic E-state index is 0.612. The molecule has 0 saturated carbocycles. The summed E-state index contributed by atoms with van der Waals surface area (Å²) in [6, 6.07) is 16.1. The first-order valence-corrected chi connectivity index (χ1v) is 7.75. The molecule has 0 atom stereocenters. The van der Waals surface area contributed by atoms with E-state index in [9.17, 15) is 0 Å². The molecule has 1 aliphatic heterocycles. The number of nitrogens with zero attached hydrogens (tertiary/aromatic N) is 2. The Morgan fingerprint density at radius 2 is 1.86 bits per heavy atom. The van der Waals surface area contributed by atoms with Crippen molar-refractivity contribution in [1.29, 1.82) is 0 Å². The Bertz CT molecular complexity index is 842. The molecule has 3 nitrogen and oxygen atoms in total. The van der Waals surface area contributed by atoms with E-state index in [1.54, 1.807) is 0 Å². The van der Waals surface area contributed by atoms with Gasteiger partial charge in [-0.1, -0.05) is 41.9 Å². The molecule has 22 heavy (non-hydrogen) atoms. The van der Waals surface area contributed by atoms with Crippen LogP contribution in [0.4, 0.5) is 5.82 Å². The number of hydrogen-bond donors (Lipinski definition) is 1. The number of aromatic nitrogens is 1. The highest BCUT2D eigenvalue weighted by molar-refractivity contribution is 6.31. The van der Waals surface area contributed by atoms with Crippen molar-refractivity contribution in [1.82, 2.24) is 9.88 Å². The second-order valence-electron chi connectivity index (χ2n) is 5.65. The van der Waals surface area contributed by atoms with Gasteiger partial charge in [-0.05, 0) is 29.3 Å². The van der Waals surface area contributed by atoms with Crippen LogP contribution in [0.2, 0.25) is 5.02 Å². The van der Waals surface area contributed by atoms with Crippen molar-refractivity contribution < 1.29 is 0 Å². The van der Waals surface area contributed by atoms with Crippen molar-refractivity contribution in [2.24, 2.45) is 0 Å². The quantitative estimate of drug-likeness (QED) is 0.745. The molecule has 4 heteroatoms. The van der Waals surface area contributed by atoms with Crippen molar-refractivity contribution in [3.63, 3.8) is 0 Å². The molecule has 0 spiro atoms. The minimum atomic E-state index is 0.612. The molecule has 1 fully saturated rings. The number of anilines is 1. The van der Waals surface area contributed by atoms with Crippen LogP contribution in [0.1, 0.15) is 5.56 Å². The fraction of sp³-hybridized carbons (Fsp3) is 0.167. The smallest absolute Gasteiger partial charge is 0.129 e. The SMILES string of the molecule is Nc1nc2ccc(Cl)cc2c(-c2ccccc2)c1CN1CC1. The van der Waals surface area contributed by atoms with Gasteiger partial charge in [0, 0.05) is 35.6 Å². The fourth-order valence-electron chi connectivity index (χ4n) is 2.84. The number of halogens is 1. The van der Waals surface area contributed by atoms with Crippen LogP contribution in [0.25, 0.3) is 22.0 Å². The van der Waals surface area contributed by atoms with Crippen molar-refractivity contribution in [3.05, 3.63) is 59.1 Å². The Kier molecular flexibility index (Phi) is 3.25. The lowest BCUT2D eigenvalue weighted by Crippen LogP contribution is -2.06. The van der Waals surface area contributed by atoms with E-state index in [4.69, 9.17) is 17.3 Å². The summed E-state index contributed by atoms with van der Waals surface area (Å²) in [6.45, 7) is 3.09. The average molecular weight is 310 g/mol. The maximum absolute atomic E-state index is 6.27. The summed E-state index contributed by atoms with van der Waals surface area (Å²) in [5.74, 6) is 0.612. The van der Waals surface area contributed by atoms with Crippen LogP contribution in [0.3, 0.4) is 0 Å². The summed E-state index contributed by atoms with van der Waals surface area (Å²) < 4.78 is 0. The number of pyridine rings is 1. The number of nitrogens with two attached hydrogens (primary N) is 1. The first-order valence-electron chi connectivity index (χ1n) is 7.38. The first kappa shape index (κ1) is 13.6. The Hall–Kier alpha value is -2.10. The van der Waals surface area contributed by atoms with E-state index in [2.05, 4.69) is 22.0 Å². The molecule has 4 rings (SSSR count). The van der Waals surface area contributed by atoms with Crippen molar-refractivity contribution in [3.8, 4) is 11.1 Å². The van der Waals surface area contributed by atoms with E-state index in [1.165, 1.54) is 0 Å². The lowest BCUT2D eigenvalue weighted by molar-refractivity contribution is 0.557. The van der Waals surface area contributed by atoms with Gasteiger partial charge in [0.2, 0.25) is 0 Å². The second-order valence-corrected chi connectivity index (χ2v) is 6.09. The highest BCUT2D eigenvalue weighted by atomic mass is 35.5. The van der Waals surface area contributed by atoms with Crippen LogP contribution in [-0.2, 0) is 6.54 Å². The molecule has 0 bridgehead atoms. The molecule has 0 amide bonds. The van der Waals surface area contributed by atoms with E-state index in [0.717, 1.165) is 47.2 Å². The molecule has 0 unspecified atom stereocenters. The van der Waals surface area contributed by atoms with Crippen LogP contribution in [-0.4, -0.2) is 23.0 Å². The predicted molar refractivity (Wildman–Crippen MR) is 91.9 cm³/mol. The number of nitrogen functional groups attached to an aromatic ring is 1. The van der Waals surface area contributed by atoms with Crippen molar-refractivity contribution in [2.75, 3.05) is 18.8 Å². The van der Waals surface area contributed by atoms with Gasteiger partial charge in [0.05, 0.1) is 5.52 Å². The van der Waals surface area contributed by atoms with E-state index in [1.807, 2.05) is 36.4 Å². The molecule has 1 saturated heterocycles. The van der Waals surface area contributed by atoms with Gasteiger partial charge in [-0.15, -0.1) is 0 Å². The Morgan fingerprint density at radius 3 is 2.59 bits per heavy atom. The highest BCUT2D eigenvalue weighted by Gasteiger charge is 2.23. The average Bonchev–Trinajstić information content (AvgIpc) is 3.33.